The molecule has 6 nitrogen and oxygen atoms in total. The minimum absolute atomic E-state index is 0.185. The van der Waals surface area contributed by atoms with Crippen LogP contribution < -0.4 is 0 Å². The molecule has 6 heteroatoms. The van der Waals surface area contributed by atoms with Gasteiger partial charge in [0.2, 0.25) is 0 Å². The van der Waals surface area contributed by atoms with Gasteiger partial charge in [-0.15, -0.1) is 0 Å². The summed E-state index contributed by atoms with van der Waals surface area (Å²) in [4.78, 5) is 10.9. The second-order valence-electron chi connectivity index (χ2n) is 3.95. The number of aromatic carboxylic acids is 1. The molecule has 0 aromatic carbocycles. The molecule has 0 amide bonds. The number of aryl methyl sites for hydroxylation is 1. The number of rotatable bonds is 9. The zero-order valence-corrected chi connectivity index (χ0v) is 10.9. The highest BCUT2D eigenvalue weighted by Crippen LogP contribution is 2.08. The summed E-state index contributed by atoms with van der Waals surface area (Å²) in [6.45, 7) is 4.06. The molecule has 0 aliphatic heterocycles. The van der Waals surface area contributed by atoms with Gasteiger partial charge in [0.1, 0.15) is 5.56 Å². The quantitative estimate of drug-likeness (QED) is 0.677. The molecule has 0 spiro atoms. The predicted molar refractivity (Wildman–Crippen MR) is 65.6 cm³/mol. The third kappa shape index (κ3) is 4.46. The van der Waals surface area contributed by atoms with Crippen molar-refractivity contribution in [1.82, 2.24) is 9.78 Å². The van der Waals surface area contributed by atoms with Crippen LogP contribution in [0.5, 0.6) is 0 Å². The largest absolute Gasteiger partial charge is 0.478 e. The Morgan fingerprint density at radius 3 is 2.78 bits per heavy atom. The van der Waals surface area contributed by atoms with Crippen molar-refractivity contribution in [3.63, 3.8) is 0 Å². The van der Waals surface area contributed by atoms with Crippen LogP contribution in [0.25, 0.3) is 0 Å². The van der Waals surface area contributed by atoms with Gasteiger partial charge in [-0.25, -0.2) is 4.79 Å². The zero-order valence-electron chi connectivity index (χ0n) is 10.9. The molecular weight excluding hydrogens is 236 g/mol. The van der Waals surface area contributed by atoms with Gasteiger partial charge in [-0.2, -0.15) is 5.10 Å². The maximum Gasteiger partial charge on any atom is 0.339 e. The van der Waals surface area contributed by atoms with Gasteiger partial charge in [-0.1, -0.05) is 13.3 Å². The number of nitrogens with zero attached hydrogens (tertiary/aromatic N) is 2. The van der Waals surface area contributed by atoms with Crippen molar-refractivity contribution >= 4 is 5.97 Å². The second kappa shape index (κ2) is 7.84. The Morgan fingerprint density at radius 2 is 2.11 bits per heavy atom. The molecule has 18 heavy (non-hydrogen) atoms. The highest BCUT2D eigenvalue weighted by atomic mass is 16.5. The summed E-state index contributed by atoms with van der Waals surface area (Å²) in [7, 11) is 1.70. The van der Waals surface area contributed by atoms with Crippen LogP contribution in [0.15, 0.2) is 6.20 Å². The van der Waals surface area contributed by atoms with Crippen molar-refractivity contribution < 1.29 is 19.4 Å². The molecule has 1 N–H and O–H groups in total. The van der Waals surface area contributed by atoms with Crippen LogP contribution >= 0.6 is 0 Å². The van der Waals surface area contributed by atoms with Gasteiger partial charge >= 0.3 is 5.97 Å². The van der Waals surface area contributed by atoms with E-state index in [9.17, 15) is 4.79 Å². The van der Waals surface area contributed by atoms with Crippen molar-refractivity contribution in [2.75, 3.05) is 19.8 Å². The van der Waals surface area contributed by atoms with Gasteiger partial charge in [0, 0.05) is 13.7 Å². The maximum absolute atomic E-state index is 10.9. The fourth-order valence-electron chi connectivity index (χ4n) is 1.45. The van der Waals surface area contributed by atoms with E-state index in [0.29, 0.717) is 18.9 Å². The Morgan fingerprint density at radius 1 is 1.39 bits per heavy atom. The number of carboxylic acid groups (broad SMARTS) is 1. The number of unbranched alkanes of at least 4 members (excludes halogenated alkanes) is 1. The summed E-state index contributed by atoms with van der Waals surface area (Å²) in [6.07, 6.45) is 3.49. The normalized spacial score (nSPS) is 10.8. The average molecular weight is 256 g/mol. The lowest BCUT2D eigenvalue weighted by atomic mass is 10.2. The van der Waals surface area contributed by atoms with Gasteiger partial charge in [-0.05, 0) is 6.42 Å². The first-order valence-corrected chi connectivity index (χ1v) is 6.06. The van der Waals surface area contributed by atoms with Crippen molar-refractivity contribution in [1.29, 1.82) is 0 Å². The first-order valence-electron chi connectivity index (χ1n) is 6.06. The Kier molecular flexibility index (Phi) is 6.38. The topological polar surface area (TPSA) is 73.6 Å². The number of carbonyl (C=O) groups is 1. The molecule has 0 fully saturated rings. The fourth-order valence-corrected chi connectivity index (χ4v) is 1.45. The first-order chi connectivity index (χ1) is 8.66. The molecule has 0 saturated carbocycles. The van der Waals surface area contributed by atoms with Gasteiger partial charge in [0.25, 0.3) is 0 Å². The van der Waals surface area contributed by atoms with E-state index in [2.05, 4.69) is 12.0 Å². The monoisotopic (exact) mass is 256 g/mol. The maximum atomic E-state index is 10.9. The van der Waals surface area contributed by atoms with Gasteiger partial charge in [-0.3, -0.25) is 4.68 Å². The molecular formula is C12H20N2O4. The van der Waals surface area contributed by atoms with Gasteiger partial charge in [0.05, 0.1) is 31.7 Å². The molecule has 0 atom stereocenters. The van der Waals surface area contributed by atoms with E-state index in [-0.39, 0.29) is 12.2 Å². The van der Waals surface area contributed by atoms with Crippen LogP contribution in [0.1, 0.15) is 35.8 Å². The van der Waals surface area contributed by atoms with E-state index >= 15 is 0 Å². The van der Waals surface area contributed by atoms with Gasteiger partial charge < -0.3 is 14.6 Å². The van der Waals surface area contributed by atoms with E-state index < -0.39 is 5.97 Å². The molecule has 0 aliphatic carbocycles. The summed E-state index contributed by atoms with van der Waals surface area (Å²) in [5, 5.41) is 12.8. The van der Waals surface area contributed by atoms with Crippen LogP contribution in [-0.4, -0.2) is 40.7 Å². The third-order valence-corrected chi connectivity index (χ3v) is 2.54. The highest BCUT2D eigenvalue weighted by Gasteiger charge is 2.14. The zero-order chi connectivity index (χ0) is 13.4. The number of hydrogen-bond donors (Lipinski definition) is 1. The summed E-state index contributed by atoms with van der Waals surface area (Å²) in [6, 6.07) is 0. The van der Waals surface area contributed by atoms with Crippen LogP contribution in [0.3, 0.4) is 0 Å². The summed E-state index contributed by atoms with van der Waals surface area (Å²) in [5.41, 5.74) is 0.750. The Bertz CT molecular complexity index is 376. The first kappa shape index (κ1) is 14.7. The standard InChI is InChI=1S/C12H20N2O4/c1-3-4-5-17-6-7-18-9-11-10(12(15)16)8-13-14(11)2/h8H,3-7,9H2,1-2H3,(H,15,16). The summed E-state index contributed by atoms with van der Waals surface area (Å²) in [5.74, 6) is -0.985. The Balaban J connectivity index is 2.27. The third-order valence-electron chi connectivity index (χ3n) is 2.54. The van der Waals surface area contributed by atoms with Crippen molar-refractivity contribution in [3.8, 4) is 0 Å². The smallest absolute Gasteiger partial charge is 0.339 e. The SMILES string of the molecule is CCCCOCCOCc1c(C(=O)O)cnn1C. The number of carboxylic acids is 1. The fraction of sp³-hybridized carbons (Fsp3) is 0.667. The van der Waals surface area contributed by atoms with Crippen LogP contribution in [0.4, 0.5) is 0 Å². The van der Waals surface area contributed by atoms with Crippen molar-refractivity contribution in [2.24, 2.45) is 7.05 Å². The molecule has 102 valence electrons. The lowest BCUT2D eigenvalue weighted by Gasteiger charge is -2.06. The molecule has 1 rings (SSSR count). The number of ether oxygens (including phenoxy) is 2. The molecule has 0 radical (unpaired) electrons. The molecule has 0 unspecified atom stereocenters. The minimum atomic E-state index is -0.985. The van der Waals surface area contributed by atoms with E-state index in [1.807, 2.05) is 0 Å². The van der Waals surface area contributed by atoms with Crippen LogP contribution in [-0.2, 0) is 23.1 Å². The van der Waals surface area contributed by atoms with E-state index in [0.717, 1.165) is 19.4 Å². The van der Waals surface area contributed by atoms with E-state index in [1.165, 1.54) is 10.9 Å². The Labute approximate surface area is 107 Å². The lowest BCUT2D eigenvalue weighted by Crippen LogP contribution is -2.10. The number of aromatic nitrogens is 2. The molecule has 0 saturated heterocycles. The van der Waals surface area contributed by atoms with E-state index in [1.54, 1.807) is 7.05 Å². The van der Waals surface area contributed by atoms with Crippen molar-refractivity contribution in [3.05, 3.63) is 17.5 Å². The molecule has 1 heterocycles. The van der Waals surface area contributed by atoms with Gasteiger partial charge in [0.15, 0.2) is 0 Å². The molecule has 1 aromatic rings. The summed E-state index contributed by atoms with van der Waals surface area (Å²) < 4.78 is 12.2. The molecule has 0 bridgehead atoms. The minimum Gasteiger partial charge on any atom is -0.478 e. The van der Waals surface area contributed by atoms with E-state index in [4.69, 9.17) is 14.6 Å². The number of hydrogen-bond acceptors (Lipinski definition) is 4. The Hall–Kier alpha value is -1.40. The average Bonchev–Trinajstić information content (AvgIpc) is 2.70. The lowest BCUT2D eigenvalue weighted by molar-refractivity contribution is 0.0369. The van der Waals surface area contributed by atoms with Crippen LogP contribution in [0, 0.1) is 0 Å². The predicted octanol–water partition coefficient (Wildman–Crippen LogP) is 1.45. The summed E-state index contributed by atoms with van der Waals surface area (Å²) >= 11 is 0. The van der Waals surface area contributed by atoms with Crippen LogP contribution in [0.2, 0.25) is 0 Å². The highest BCUT2D eigenvalue weighted by molar-refractivity contribution is 5.88. The second-order valence-corrected chi connectivity index (χ2v) is 3.95. The molecule has 0 aliphatic rings. The molecule has 1 aromatic heterocycles. The van der Waals surface area contributed by atoms with Crippen molar-refractivity contribution in [2.45, 2.75) is 26.4 Å².